The Morgan fingerprint density at radius 3 is 1.16 bits per heavy atom. The van der Waals surface area contributed by atoms with Gasteiger partial charge in [0.25, 0.3) is 26.9 Å². The van der Waals surface area contributed by atoms with Gasteiger partial charge in [0.15, 0.2) is 0 Å². The third-order valence-corrected chi connectivity index (χ3v) is 26.7. The molecule has 0 saturated carbocycles. The zero-order valence-electron chi connectivity index (χ0n) is 59.2. The van der Waals surface area contributed by atoms with Crippen molar-refractivity contribution in [3.63, 3.8) is 0 Å². The first kappa shape index (κ1) is 62.5. The van der Waals surface area contributed by atoms with Crippen LogP contribution in [0.4, 0.5) is 0 Å². The molecule has 0 N–H and O–H groups in total. The van der Waals surface area contributed by atoms with Crippen LogP contribution in [0.2, 0.25) is 0 Å². The van der Waals surface area contributed by atoms with Gasteiger partial charge in [0, 0.05) is 88.4 Å². The van der Waals surface area contributed by atoms with E-state index in [2.05, 4.69) is 200 Å². The van der Waals surface area contributed by atoms with Crippen molar-refractivity contribution in [2.75, 3.05) is 0 Å². The molecule has 112 heavy (non-hydrogen) atoms. The van der Waals surface area contributed by atoms with Gasteiger partial charge in [0.2, 0.25) is 0 Å². The molecule has 8 aliphatic heterocycles. The molecular formula is C96H52B4O9S3. The monoisotopic (exact) mass is 1490 g/mol. The van der Waals surface area contributed by atoms with Crippen LogP contribution in [0.1, 0.15) is 0 Å². The summed E-state index contributed by atoms with van der Waals surface area (Å²) in [6, 6.07) is 109. The van der Waals surface area contributed by atoms with Crippen molar-refractivity contribution in [3.8, 4) is 92.0 Å². The van der Waals surface area contributed by atoms with E-state index >= 15 is 0 Å². The SMILES string of the molecule is c1ccc2c(c1)Oc1cccc3c1B2c1c(ccc2oc4ccccc4c12)O3.c1ccc2c(c1)Oc1cccc3c1B2c1cc2sc4ccccc4c2cc1O3.c1ccc2c(c1)Oc1cccc3c1B2c1ccc2c(sc4ccccc42)c1O3.c1ccc2c(c1)Oc1cccc3c1B2c1ccc2sc4ccccc4c2c1O3. The lowest BCUT2D eigenvalue weighted by Gasteiger charge is -2.33. The van der Waals surface area contributed by atoms with Crippen LogP contribution in [0.5, 0.6) is 92.0 Å². The normalized spacial score (nSPS) is 13.5. The molecule has 4 aromatic heterocycles. The summed E-state index contributed by atoms with van der Waals surface area (Å²) in [4.78, 5) is 0. The van der Waals surface area contributed by atoms with Gasteiger partial charge < -0.3 is 42.3 Å². The number of hydrogen-bond donors (Lipinski definition) is 0. The number of fused-ring (bicyclic) bond motifs is 31. The molecule has 20 aromatic rings. The molecule has 0 aliphatic carbocycles. The van der Waals surface area contributed by atoms with Gasteiger partial charge in [0.1, 0.15) is 103 Å². The highest BCUT2D eigenvalue weighted by Crippen LogP contribution is 2.48. The van der Waals surface area contributed by atoms with Gasteiger partial charge in [-0.25, -0.2) is 0 Å². The third kappa shape index (κ3) is 9.22. The summed E-state index contributed by atoms with van der Waals surface area (Å²) in [5.74, 6) is 14.6. The molecule has 0 atom stereocenters. The highest BCUT2D eigenvalue weighted by Gasteiger charge is 2.46. The zero-order chi connectivity index (χ0) is 73.0. The summed E-state index contributed by atoms with van der Waals surface area (Å²) >= 11 is 5.48. The number of ether oxygens (including phenoxy) is 8. The predicted molar refractivity (Wildman–Crippen MR) is 462 cm³/mol. The summed E-state index contributed by atoms with van der Waals surface area (Å²) in [6.07, 6.45) is 0. The summed E-state index contributed by atoms with van der Waals surface area (Å²) in [5.41, 5.74) is 15.8. The van der Waals surface area contributed by atoms with E-state index in [9.17, 15) is 0 Å². The molecule has 28 rings (SSSR count). The van der Waals surface area contributed by atoms with Crippen molar-refractivity contribution < 1.29 is 42.3 Å². The molecule has 0 unspecified atom stereocenters. The average Bonchev–Trinajstić information content (AvgIpc) is 1.21. The standard InChI is InChI=1S/C24H13BO3.3C24H13BO2S/c1-3-8-16-14(6-1)22-18(26-16)12-13-21-24(22)25-15-7-2-4-9-17(15)27-19-10-5-11-20(28-21)23(19)25;1-4-11-22-14(6-1)15-12-21-17(13-23(15)28-22)25-16-7-2-3-8-18(16)26-19-9-5-10-20(27-21)24(19)25;1-4-11-21-14(6-1)15-12-13-17-23(24(15)28-21)27-20-10-5-9-19-22(20)25(17)16-7-2-3-8-18(16)26-19;1-4-11-20-14(6-1)22-21(28-20)13-12-16-24(22)27-19-10-5-9-18-23(19)25(16)15-7-2-3-8-17(15)26-18/h4*1-13H. The lowest BCUT2D eigenvalue weighted by atomic mass is 9.34. The Kier molecular flexibility index (Phi) is 13.4. The van der Waals surface area contributed by atoms with E-state index in [0.29, 0.717) is 0 Å². The fourth-order valence-electron chi connectivity index (χ4n) is 18.5. The second-order valence-corrected chi connectivity index (χ2v) is 32.4. The summed E-state index contributed by atoms with van der Waals surface area (Å²) in [7, 11) is 0. The Bertz CT molecular complexity index is 7400. The number of hydrogen-bond acceptors (Lipinski definition) is 12. The molecule has 12 heterocycles. The number of furan rings is 1. The second kappa shape index (κ2) is 24.1. The van der Waals surface area contributed by atoms with Crippen LogP contribution < -0.4 is 103 Å². The fraction of sp³-hybridized carbons (Fsp3) is 0. The van der Waals surface area contributed by atoms with Crippen molar-refractivity contribution in [3.05, 3.63) is 315 Å². The molecule has 520 valence electrons. The Morgan fingerprint density at radius 1 is 0.188 bits per heavy atom. The molecule has 9 nitrogen and oxygen atoms in total. The Labute approximate surface area is 653 Å². The summed E-state index contributed by atoms with van der Waals surface area (Å²) in [6.45, 7) is 0.441. The van der Waals surface area contributed by atoms with Crippen molar-refractivity contribution in [2.45, 2.75) is 0 Å². The maximum absolute atomic E-state index is 6.55. The van der Waals surface area contributed by atoms with Gasteiger partial charge in [-0.05, 0) is 171 Å². The molecule has 16 heteroatoms. The maximum Gasteiger partial charge on any atom is 0.261 e. The van der Waals surface area contributed by atoms with Gasteiger partial charge >= 0.3 is 0 Å². The first-order chi connectivity index (χ1) is 55.5. The summed E-state index contributed by atoms with van der Waals surface area (Å²) < 4.78 is 64.4. The lowest BCUT2D eigenvalue weighted by molar-refractivity contribution is 0.464. The number of benzene rings is 16. The van der Waals surface area contributed by atoms with Crippen LogP contribution >= 0.6 is 34.0 Å². The molecule has 0 saturated heterocycles. The predicted octanol–water partition coefficient (Wildman–Crippen LogP) is 18.7. The van der Waals surface area contributed by atoms with Gasteiger partial charge in [0.05, 0.1) is 4.70 Å². The molecule has 0 radical (unpaired) electrons. The van der Waals surface area contributed by atoms with Crippen LogP contribution in [0.25, 0.3) is 82.5 Å². The van der Waals surface area contributed by atoms with Gasteiger partial charge in [-0.2, -0.15) is 0 Å². The van der Waals surface area contributed by atoms with Crippen molar-refractivity contribution in [1.29, 1.82) is 0 Å². The average molecular weight is 1490 g/mol. The van der Waals surface area contributed by atoms with Gasteiger partial charge in [-0.1, -0.05) is 188 Å². The quantitative estimate of drug-likeness (QED) is 0.138. The Hall–Kier alpha value is -13.4. The van der Waals surface area contributed by atoms with Crippen LogP contribution in [-0.4, -0.2) is 26.9 Å². The minimum absolute atomic E-state index is 0.0459. The van der Waals surface area contributed by atoms with E-state index in [1.54, 1.807) is 0 Å². The number of para-hydroxylation sites is 5. The molecule has 0 bridgehead atoms. The smallest absolute Gasteiger partial charge is 0.261 e. The second-order valence-electron chi connectivity index (χ2n) is 29.2. The maximum atomic E-state index is 6.55. The van der Waals surface area contributed by atoms with Crippen LogP contribution in [-0.2, 0) is 0 Å². The lowest BCUT2D eigenvalue weighted by Crippen LogP contribution is -2.57. The van der Waals surface area contributed by atoms with Crippen molar-refractivity contribution in [2.24, 2.45) is 0 Å². The molecule has 16 aromatic carbocycles. The molecule has 0 fully saturated rings. The van der Waals surface area contributed by atoms with E-state index in [1.807, 2.05) is 149 Å². The molecule has 8 aliphatic rings. The van der Waals surface area contributed by atoms with E-state index < -0.39 is 0 Å². The van der Waals surface area contributed by atoms with E-state index in [1.165, 1.54) is 93.3 Å². The van der Waals surface area contributed by atoms with Crippen LogP contribution in [0, 0.1) is 0 Å². The van der Waals surface area contributed by atoms with Gasteiger partial charge in [-0.15, -0.1) is 34.0 Å². The zero-order valence-corrected chi connectivity index (χ0v) is 61.7. The van der Waals surface area contributed by atoms with Gasteiger partial charge in [-0.3, -0.25) is 0 Å². The Morgan fingerprint density at radius 2 is 0.580 bits per heavy atom. The minimum Gasteiger partial charge on any atom is -0.458 e. The topological polar surface area (TPSA) is 87.0 Å². The molecule has 0 amide bonds. The first-order valence-electron chi connectivity index (χ1n) is 37.6. The highest BCUT2D eigenvalue weighted by atomic mass is 32.1. The highest BCUT2D eigenvalue weighted by molar-refractivity contribution is 7.27. The Balaban J connectivity index is 0.0000000847. The van der Waals surface area contributed by atoms with Crippen LogP contribution in [0.15, 0.2) is 320 Å². The first-order valence-corrected chi connectivity index (χ1v) is 40.0. The number of rotatable bonds is 0. The fourth-order valence-corrected chi connectivity index (χ4v) is 22.0. The van der Waals surface area contributed by atoms with Crippen molar-refractivity contribution >= 4 is 209 Å². The minimum atomic E-state index is 0.0459. The third-order valence-electron chi connectivity index (χ3n) is 23.3. The van der Waals surface area contributed by atoms with E-state index in [4.69, 9.17) is 42.3 Å². The number of thiophene rings is 3. The summed E-state index contributed by atoms with van der Waals surface area (Å²) in [5, 5.41) is 9.83. The van der Waals surface area contributed by atoms with E-state index in [0.717, 1.165) is 147 Å². The largest absolute Gasteiger partial charge is 0.458 e. The van der Waals surface area contributed by atoms with E-state index in [-0.39, 0.29) is 26.9 Å². The van der Waals surface area contributed by atoms with Crippen molar-refractivity contribution in [1.82, 2.24) is 0 Å². The van der Waals surface area contributed by atoms with Crippen LogP contribution in [0.3, 0.4) is 0 Å². The molecule has 0 spiro atoms. The molecular weight excluding hydrogens is 1440 g/mol.